The zero-order valence-corrected chi connectivity index (χ0v) is 11.3. The molecule has 1 saturated heterocycles. The van der Waals surface area contributed by atoms with E-state index in [2.05, 4.69) is 4.90 Å². The first kappa shape index (κ1) is 14.1. The fourth-order valence-electron chi connectivity index (χ4n) is 2.30. The third-order valence-electron chi connectivity index (χ3n) is 3.33. The van der Waals surface area contributed by atoms with Gasteiger partial charge in [0.15, 0.2) is 0 Å². The zero-order valence-electron chi connectivity index (χ0n) is 11.3. The summed E-state index contributed by atoms with van der Waals surface area (Å²) >= 11 is 0. The lowest BCUT2D eigenvalue weighted by molar-refractivity contribution is -0.141. The Balaban J connectivity index is 1.85. The summed E-state index contributed by atoms with van der Waals surface area (Å²) in [6.45, 7) is 3.15. The highest BCUT2D eigenvalue weighted by atomic mass is 16.5. The molecule has 106 valence electrons. The van der Waals surface area contributed by atoms with Crippen LogP contribution in [0.4, 0.5) is 0 Å². The summed E-state index contributed by atoms with van der Waals surface area (Å²) in [5, 5.41) is 0. The maximum absolute atomic E-state index is 11.3. The van der Waals surface area contributed by atoms with Gasteiger partial charge < -0.3 is 13.9 Å². The Morgan fingerprint density at radius 3 is 3.11 bits per heavy atom. The molecule has 0 aliphatic carbocycles. The molecular formula is C14H21NO4. The van der Waals surface area contributed by atoms with E-state index in [4.69, 9.17) is 13.9 Å². The minimum absolute atomic E-state index is 0.176. The summed E-state index contributed by atoms with van der Waals surface area (Å²) in [6, 6.07) is 1.95. The number of rotatable bonds is 7. The van der Waals surface area contributed by atoms with E-state index < -0.39 is 0 Å². The number of esters is 1. The predicted octanol–water partition coefficient (Wildman–Crippen LogP) is 1.82. The smallest absolute Gasteiger partial charge is 0.306 e. The van der Waals surface area contributed by atoms with E-state index in [9.17, 15) is 4.79 Å². The van der Waals surface area contributed by atoms with Crippen molar-refractivity contribution < 1.29 is 18.7 Å². The van der Waals surface area contributed by atoms with Gasteiger partial charge in [-0.1, -0.05) is 0 Å². The van der Waals surface area contributed by atoms with Gasteiger partial charge in [0, 0.05) is 31.8 Å². The number of furan rings is 1. The van der Waals surface area contributed by atoms with E-state index in [1.807, 2.05) is 6.07 Å². The Morgan fingerprint density at radius 1 is 1.58 bits per heavy atom. The molecule has 1 unspecified atom stereocenters. The van der Waals surface area contributed by atoms with Crippen LogP contribution in [0.15, 0.2) is 23.0 Å². The molecule has 0 saturated carbocycles. The van der Waals surface area contributed by atoms with Crippen molar-refractivity contribution in [2.45, 2.75) is 31.9 Å². The Morgan fingerprint density at radius 2 is 2.47 bits per heavy atom. The number of carbonyl (C=O) groups excluding carboxylic acids is 1. The minimum atomic E-state index is -0.176. The first-order chi connectivity index (χ1) is 9.28. The van der Waals surface area contributed by atoms with Gasteiger partial charge in [0.05, 0.1) is 32.2 Å². The van der Waals surface area contributed by atoms with Gasteiger partial charge in [-0.3, -0.25) is 9.69 Å². The summed E-state index contributed by atoms with van der Waals surface area (Å²) in [6.07, 6.45) is 6.31. The van der Waals surface area contributed by atoms with Crippen LogP contribution in [0.2, 0.25) is 0 Å². The van der Waals surface area contributed by atoms with Gasteiger partial charge in [0.25, 0.3) is 0 Å². The molecule has 5 heteroatoms. The van der Waals surface area contributed by atoms with Crippen molar-refractivity contribution in [3.63, 3.8) is 0 Å². The average molecular weight is 267 g/mol. The maximum Gasteiger partial charge on any atom is 0.306 e. The van der Waals surface area contributed by atoms with Gasteiger partial charge in [-0.2, -0.15) is 0 Å². The second kappa shape index (κ2) is 7.31. The van der Waals surface area contributed by atoms with Crippen molar-refractivity contribution in [2.75, 3.05) is 26.8 Å². The van der Waals surface area contributed by atoms with Crippen LogP contribution in [0.1, 0.15) is 24.8 Å². The third kappa shape index (κ3) is 4.69. The van der Waals surface area contributed by atoms with Gasteiger partial charge in [-0.25, -0.2) is 0 Å². The third-order valence-corrected chi connectivity index (χ3v) is 3.33. The summed E-state index contributed by atoms with van der Waals surface area (Å²) < 4.78 is 15.4. The van der Waals surface area contributed by atoms with E-state index >= 15 is 0 Å². The fraction of sp³-hybridized carbons (Fsp3) is 0.643. The van der Waals surface area contributed by atoms with Crippen LogP contribution in [0.3, 0.4) is 0 Å². The van der Waals surface area contributed by atoms with Crippen LogP contribution >= 0.6 is 0 Å². The Bertz CT molecular complexity index is 371. The van der Waals surface area contributed by atoms with Crippen LogP contribution < -0.4 is 0 Å². The van der Waals surface area contributed by atoms with Gasteiger partial charge in [-0.15, -0.1) is 0 Å². The van der Waals surface area contributed by atoms with Crippen molar-refractivity contribution in [3.8, 4) is 0 Å². The highest BCUT2D eigenvalue weighted by Gasteiger charge is 2.20. The lowest BCUT2D eigenvalue weighted by Crippen LogP contribution is -2.33. The second-order valence-corrected chi connectivity index (χ2v) is 4.83. The number of hydrogen-bond donors (Lipinski definition) is 0. The topological polar surface area (TPSA) is 51.9 Å². The predicted molar refractivity (Wildman–Crippen MR) is 69.6 cm³/mol. The van der Waals surface area contributed by atoms with Gasteiger partial charge >= 0.3 is 5.97 Å². The molecule has 2 heterocycles. The molecule has 0 N–H and O–H groups in total. The molecule has 0 amide bonds. The molecule has 5 nitrogen and oxygen atoms in total. The van der Waals surface area contributed by atoms with Crippen LogP contribution in [0.25, 0.3) is 0 Å². The number of ether oxygens (including phenoxy) is 2. The van der Waals surface area contributed by atoms with E-state index in [1.54, 1.807) is 12.5 Å². The summed E-state index contributed by atoms with van der Waals surface area (Å²) in [4.78, 5) is 13.5. The van der Waals surface area contributed by atoms with Gasteiger partial charge in [0.1, 0.15) is 0 Å². The number of carbonyl (C=O) groups is 1. The molecule has 19 heavy (non-hydrogen) atoms. The number of nitrogens with zero attached hydrogens (tertiary/aromatic N) is 1. The standard InChI is InChI=1S/C14H21NO4/c1-17-14(16)4-6-15(9-12-5-8-18-11-12)10-13-3-2-7-19-13/h5,8,11,13H,2-4,6-7,9-10H2,1H3. The van der Waals surface area contributed by atoms with E-state index in [0.717, 1.165) is 38.1 Å². The van der Waals surface area contributed by atoms with Crippen molar-refractivity contribution in [1.82, 2.24) is 4.90 Å². The molecule has 1 atom stereocenters. The van der Waals surface area contributed by atoms with Crippen LogP contribution in [-0.4, -0.2) is 43.8 Å². The molecule has 2 rings (SSSR count). The Kier molecular flexibility index (Phi) is 5.42. The molecule has 0 aromatic carbocycles. The summed E-state index contributed by atoms with van der Waals surface area (Å²) in [7, 11) is 1.42. The fourth-order valence-corrected chi connectivity index (χ4v) is 2.30. The number of hydrogen-bond acceptors (Lipinski definition) is 5. The van der Waals surface area contributed by atoms with Crippen molar-refractivity contribution in [2.24, 2.45) is 0 Å². The summed E-state index contributed by atoms with van der Waals surface area (Å²) in [5.41, 5.74) is 1.11. The van der Waals surface area contributed by atoms with E-state index in [1.165, 1.54) is 7.11 Å². The Hall–Kier alpha value is -1.33. The second-order valence-electron chi connectivity index (χ2n) is 4.83. The molecule has 0 spiro atoms. The SMILES string of the molecule is COC(=O)CCN(Cc1ccoc1)CC1CCCO1. The molecule has 1 aliphatic rings. The quantitative estimate of drug-likeness (QED) is 0.705. The summed E-state index contributed by atoms with van der Waals surface area (Å²) in [5.74, 6) is -0.176. The van der Waals surface area contributed by atoms with Crippen molar-refractivity contribution >= 4 is 5.97 Å². The minimum Gasteiger partial charge on any atom is -0.472 e. The van der Waals surface area contributed by atoms with Gasteiger partial charge in [-0.05, 0) is 18.9 Å². The first-order valence-electron chi connectivity index (χ1n) is 6.70. The average Bonchev–Trinajstić information content (AvgIpc) is 3.08. The largest absolute Gasteiger partial charge is 0.472 e. The highest BCUT2D eigenvalue weighted by molar-refractivity contribution is 5.69. The lowest BCUT2D eigenvalue weighted by Gasteiger charge is -2.24. The first-order valence-corrected chi connectivity index (χ1v) is 6.70. The lowest BCUT2D eigenvalue weighted by atomic mass is 10.2. The normalized spacial score (nSPS) is 18.9. The molecule has 1 aliphatic heterocycles. The molecule has 1 aromatic rings. The zero-order chi connectivity index (χ0) is 13.5. The monoisotopic (exact) mass is 267 g/mol. The van der Waals surface area contributed by atoms with Crippen LogP contribution in [0, 0.1) is 0 Å². The molecule has 0 radical (unpaired) electrons. The van der Waals surface area contributed by atoms with Crippen LogP contribution in [0.5, 0.6) is 0 Å². The van der Waals surface area contributed by atoms with E-state index in [-0.39, 0.29) is 12.1 Å². The molecular weight excluding hydrogens is 246 g/mol. The van der Waals surface area contributed by atoms with Crippen LogP contribution in [-0.2, 0) is 20.8 Å². The van der Waals surface area contributed by atoms with Crippen molar-refractivity contribution in [1.29, 1.82) is 0 Å². The maximum atomic E-state index is 11.3. The van der Waals surface area contributed by atoms with Gasteiger partial charge in [0.2, 0.25) is 0 Å². The molecule has 0 bridgehead atoms. The highest BCUT2D eigenvalue weighted by Crippen LogP contribution is 2.15. The van der Waals surface area contributed by atoms with E-state index in [0.29, 0.717) is 13.0 Å². The Labute approximate surface area is 113 Å². The molecule has 1 fully saturated rings. The van der Waals surface area contributed by atoms with Crippen molar-refractivity contribution in [3.05, 3.63) is 24.2 Å². The molecule has 1 aromatic heterocycles. The number of methoxy groups -OCH3 is 1.